The van der Waals surface area contributed by atoms with Gasteiger partial charge in [0.05, 0.1) is 5.60 Å². The highest BCUT2D eigenvalue weighted by Gasteiger charge is 2.43. The third-order valence-electron chi connectivity index (χ3n) is 6.82. The van der Waals surface area contributed by atoms with Crippen LogP contribution >= 0.6 is 0 Å². The van der Waals surface area contributed by atoms with Crippen LogP contribution in [0.4, 0.5) is 9.18 Å². The van der Waals surface area contributed by atoms with Crippen molar-refractivity contribution in [3.63, 3.8) is 0 Å². The number of piperidine rings is 1. The number of rotatable bonds is 12. The van der Waals surface area contributed by atoms with Gasteiger partial charge in [0, 0.05) is 50.9 Å². The number of carbonyl (C=O) groups excluding carboxylic acids is 1. The second-order valence-electron chi connectivity index (χ2n) is 9.62. The minimum Gasteiger partial charge on any atom is -0.457 e. The molecule has 36 heavy (non-hydrogen) atoms. The van der Waals surface area contributed by atoms with E-state index in [4.69, 9.17) is 9.47 Å². The summed E-state index contributed by atoms with van der Waals surface area (Å²) >= 11 is 0. The zero-order valence-corrected chi connectivity index (χ0v) is 21.6. The summed E-state index contributed by atoms with van der Waals surface area (Å²) < 4.78 is 24.8. The van der Waals surface area contributed by atoms with Crippen LogP contribution in [-0.4, -0.2) is 62.5 Å². The van der Waals surface area contributed by atoms with Gasteiger partial charge in [0.1, 0.15) is 17.3 Å². The fraction of sp³-hybridized carbons (Fsp3) is 0.536. The van der Waals surface area contributed by atoms with Crippen molar-refractivity contribution in [3.8, 4) is 11.5 Å². The van der Waals surface area contributed by atoms with Gasteiger partial charge in [-0.15, -0.1) is 0 Å². The van der Waals surface area contributed by atoms with Gasteiger partial charge in [-0.1, -0.05) is 18.2 Å². The lowest BCUT2D eigenvalue weighted by atomic mass is 9.73. The molecular formula is C28H40FN3O4. The molecule has 3 rings (SSSR count). The number of carbonyl (C=O) groups is 1. The van der Waals surface area contributed by atoms with Gasteiger partial charge in [-0.3, -0.25) is 0 Å². The van der Waals surface area contributed by atoms with Crippen molar-refractivity contribution in [1.82, 2.24) is 15.5 Å². The zero-order valence-electron chi connectivity index (χ0n) is 21.6. The van der Waals surface area contributed by atoms with Gasteiger partial charge in [0.15, 0.2) is 0 Å². The van der Waals surface area contributed by atoms with Crippen molar-refractivity contribution in [1.29, 1.82) is 0 Å². The lowest BCUT2D eigenvalue weighted by Gasteiger charge is -2.43. The average Bonchev–Trinajstić information content (AvgIpc) is 2.88. The Kier molecular flexibility index (Phi) is 10.5. The van der Waals surface area contributed by atoms with Crippen LogP contribution < -0.4 is 15.4 Å². The highest BCUT2D eigenvalue weighted by molar-refractivity contribution is 5.74. The number of unbranched alkanes of at least 4 members (excludes halogenated alkanes) is 1. The van der Waals surface area contributed by atoms with E-state index in [1.54, 1.807) is 19.2 Å². The number of methoxy groups -OCH3 is 1. The molecule has 1 heterocycles. The molecule has 1 fully saturated rings. The average molecular weight is 502 g/mol. The second-order valence-corrected chi connectivity index (χ2v) is 9.62. The molecule has 2 aromatic carbocycles. The number of nitrogens with zero attached hydrogens (tertiary/aromatic N) is 1. The summed E-state index contributed by atoms with van der Waals surface area (Å²) in [6, 6.07) is 13.2. The Morgan fingerprint density at radius 2 is 1.97 bits per heavy atom. The summed E-state index contributed by atoms with van der Waals surface area (Å²) in [4.78, 5) is 14.8. The van der Waals surface area contributed by atoms with Crippen LogP contribution in [0.3, 0.4) is 0 Å². The molecule has 0 bridgehead atoms. The van der Waals surface area contributed by atoms with Gasteiger partial charge < -0.3 is 30.1 Å². The number of hydrogen-bond donors (Lipinski definition) is 3. The number of amides is 2. The van der Waals surface area contributed by atoms with Crippen LogP contribution in [0, 0.1) is 11.7 Å². The molecule has 1 unspecified atom stereocenters. The molecule has 7 nitrogen and oxygen atoms in total. The molecule has 0 saturated carbocycles. The van der Waals surface area contributed by atoms with Crippen LogP contribution in [0.2, 0.25) is 0 Å². The number of likely N-dealkylation sites (tertiary alicyclic amines) is 1. The predicted molar refractivity (Wildman–Crippen MR) is 139 cm³/mol. The van der Waals surface area contributed by atoms with Crippen LogP contribution in [-0.2, 0) is 10.3 Å². The Balaban J connectivity index is 1.87. The van der Waals surface area contributed by atoms with Crippen LogP contribution in [0.25, 0.3) is 0 Å². The molecule has 8 heteroatoms. The van der Waals surface area contributed by atoms with Crippen molar-refractivity contribution in [3.05, 3.63) is 59.9 Å². The minimum absolute atomic E-state index is 0.000592. The highest BCUT2D eigenvalue weighted by Crippen LogP contribution is 2.44. The molecule has 1 aliphatic heterocycles. The van der Waals surface area contributed by atoms with Gasteiger partial charge in [-0.2, -0.15) is 0 Å². The van der Waals surface area contributed by atoms with E-state index in [-0.39, 0.29) is 23.8 Å². The van der Waals surface area contributed by atoms with E-state index in [1.165, 1.54) is 12.1 Å². The maximum absolute atomic E-state index is 13.4. The molecule has 1 saturated heterocycles. The second kappa shape index (κ2) is 13.6. The van der Waals surface area contributed by atoms with Crippen molar-refractivity contribution < 1.29 is 23.8 Å². The lowest BCUT2D eigenvalue weighted by Crippen LogP contribution is -2.53. The maximum Gasteiger partial charge on any atom is 0.317 e. The molecule has 3 atom stereocenters. The summed E-state index contributed by atoms with van der Waals surface area (Å²) in [5.74, 6) is 0.517. The predicted octanol–water partition coefficient (Wildman–Crippen LogP) is 4.65. The Hall–Kier alpha value is -2.68. The standard InChI is InChI=1S/C28H40FN3O4/c1-21(19-30-2)31-27(33)32-17-8-9-22(20-32)28(34,16-6-7-18-35-3)25-10-4-5-11-26(25)36-24-14-12-23(29)13-15-24/h4-5,10-15,21-22,30,34H,6-9,16-20H2,1-3H3,(H,31,33)/t21?,22-,28+/m1/s1. The van der Waals surface area contributed by atoms with E-state index in [0.717, 1.165) is 25.7 Å². The van der Waals surface area contributed by atoms with Crippen molar-refractivity contribution in [2.24, 2.45) is 5.92 Å². The Labute approximate surface area is 214 Å². The van der Waals surface area contributed by atoms with Crippen LogP contribution in [0.1, 0.15) is 44.6 Å². The molecule has 0 radical (unpaired) electrons. The first-order chi connectivity index (χ1) is 17.4. The van der Waals surface area contributed by atoms with Crippen molar-refractivity contribution in [2.45, 2.75) is 50.7 Å². The SMILES string of the molecule is CNCC(C)NC(=O)N1CCC[C@@H]([C@@](O)(CCCCOC)c2ccccc2Oc2ccc(F)cc2)C1. The quantitative estimate of drug-likeness (QED) is 0.369. The zero-order chi connectivity index (χ0) is 26.0. The van der Waals surface area contributed by atoms with Gasteiger partial charge in [0.25, 0.3) is 0 Å². The fourth-order valence-corrected chi connectivity index (χ4v) is 4.95. The summed E-state index contributed by atoms with van der Waals surface area (Å²) in [6.07, 6.45) is 3.69. The topological polar surface area (TPSA) is 83.1 Å². The molecule has 1 aliphatic rings. The molecule has 0 spiro atoms. The monoisotopic (exact) mass is 501 g/mol. The summed E-state index contributed by atoms with van der Waals surface area (Å²) in [5.41, 5.74) is -0.526. The Morgan fingerprint density at radius 1 is 1.22 bits per heavy atom. The molecular weight excluding hydrogens is 461 g/mol. The van der Waals surface area contributed by atoms with Crippen LogP contribution in [0.5, 0.6) is 11.5 Å². The van der Waals surface area contributed by atoms with Gasteiger partial charge in [-0.25, -0.2) is 9.18 Å². The Morgan fingerprint density at radius 3 is 2.69 bits per heavy atom. The number of nitrogens with one attached hydrogen (secondary N) is 2. The van der Waals surface area contributed by atoms with Gasteiger partial charge >= 0.3 is 6.03 Å². The summed E-state index contributed by atoms with van der Waals surface area (Å²) in [5, 5.41) is 18.4. The van der Waals surface area contributed by atoms with E-state index in [9.17, 15) is 14.3 Å². The molecule has 0 aromatic heterocycles. The molecule has 2 aromatic rings. The van der Waals surface area contributed by atoms with E-state index in [0.29, 0.717) is 49.7 Å². The minimum atomic E-state index is -1.21. The number of ether oxygens (including phenoxy) is 2. The summed E-state index contributed by atoms with van der Waals surface area (Å²) in [7, 11) is 3.53. The molecule has 198 valence electrons. The first kappa shape index (κ1) is 27.9. The molecule has 2 amide bonds. The first-order valence-electron chi connectivity index (χ1n) is 12.8. The highest BCUT2D eigenvalue weighted by atomic mass is 19.1. The normalized spacial score (nSPS) is 18.4. The number of para-hydroxylation sites is 1. The van der Waals surface area contributed by atoms with E-state index in [2.05, 4.69) is 10.6 Å². The first-order valence-corrected chi connectivity index (χ1v) is 12.8. The number of aliphatic hydroxyl groups is 1. The Bertz CT molecular complexity index is 958. The number of hydrogen-bond acceptors (Lipinski definition) is 5. The summed E-state index contributed by atoms with van der Waals surface area (Å²) in [6.45, 7) is 4.36. The largest absolute Gasteiger partial charge is 0.457 e. The molecule has 0 aliphatic carbocycles. The van der Waals surface area contributed by atoms with Gasteiger partial charge in [-0.05, 0) is 76.4 Å². The third-order valence-corrected chi connectivity index (χ3v) is 6.82. The van der Waals surface area contributed by atoms with E-state index >= 15 is 0 Å². The van der Waals surface area contributed by atoms with Crippen LogP contribution in [0.15, 0.2) is 48.5 Å². The number of urea groups is 1. The smallest absolute Gasteiger partial charge is 0.317 e. The number of likely N-dealkylation sites (N-methyl/N-ethyl adjacent to an activating group) is 1. The molecule has 3 N–H and O–H groups in total. The van der Waals surface area contributed by atoms with E-state index in [1.807, 2.05) is 43.1 Å². The number of halogens is 1. The van der Waals surface area contributed by atoms with Crippen molar-refractivity contribution >= 4 is 6.03 Å². The fourth-order valence-electron chi connectivity index (χ4n) is 4.95. The van der Waals surface area contributed by atoms with Gasteiger partial charge in [0.2, 0.25) is 0 Å². The lowest BCUT2D eigenvalue weighted by molar-refractivity contribution is -0.0574. The van der Waals surface area contributed by atoms with Crippen molar-refractivity contribution in [2.75, 3.05) is 40.4 Å². The maximum atomic E-state index is 13.4. The number of benzene rings is 2. The third kappa shape index (κ3) is 7.41. The van der Waals surface area contributed by atoms with E-state index < -0.39 is 5.60 Å².